The average Bonchev–Trinajstić information content (AvgIpc) is 3.10. The first-order chi connectivity index (χ1) is 10.8. The Bertz CT molecular complexity index is 835. The molecule has 23 heavy (non-hydrogen) atoms. The smallest absolute Gasteiger partial charge is 0.343 e. The van der Waals surface area contributed by atoms with Crippen molar-refractivity contribution in [3.05, 3.63) is 34.0 Å². The second-order valence-corrected chi connectivity index (χ2v) is 5.31. The normalized spacial score (nSPS) is 20.8. The molecule has 2 heterocycles. The summed E-state index contributed by atoms with van der Waals surface area (Å²) in [7, 11) is 0. The first-order valence-corrected chi connectivity index (χ1v) is 6.66. The van der Waals surface area contributed by atoms with Gasteiger partial charge in [0.1, 0.15) is 0 Å². The van der Waals surface area contributed by atoms with E-state index in [2.05, 4.69) is 10.2 Å². The number of nitrogens with one attached hydrogen (secondary N) is 1. The highest BCUT2D eigenvalue weighted by atomic mass is 19.1. The number of carboxylic acid groups (broad SMARTS) is 1. The van der Waals surface area contributed by atoms with E-state index in [1.54, 1.807) is 0 Å². The van der Waals surface area contributed by atoms with Crippen LogP contribution in [0, 0.1) is 10.1 Å². The number of fused-ring (bicyclic) bond motifs is 1. The van der Waals surface area contributed by atoms with Crippen molar-refractivity contribution in [2.75, 3.05) is 13.1 Å². The maximum atomic E-state index is 14.1. The van der Waals surface area contributed by atoms with Gasteiger partial charge in [0, 0.05) is 30.5 Å². The van der Waals surface area contributed by atoms with Crippen LogP contribution in [0.2, 0.25) is 0 Å². The summed E-state index contributed by atoms with van der Waals surface area (Å²) in [5.41, 5.74) is -2.37. The molecule has 1 amide bonds. The van der Waals surface area contributed by atoms with Crippen molar-refractivity contribution in [1.82, 2.24) is 15.1 Å². The zero-order valence-corrected chi connectivity index (χ0v) is 11.7. The van der Waals surface area contributed by atoms with Gasteiger partial charge in [-0.3, -0.25) is 20.0 Å². The molecular weight excluding hydrogens is 311 g/mol. The number of nitro groups is 1. The number of H-pyrrole nitrogens is 1. The van der Waals surface area contributed by atoms with Crippen molar-refractivity contribution in [2.45, 2.75) is 12.1 Å². The van der Waals surface area contributed by atoms with Gasteiger partial charge in [0.2, 0.25) is 5.67 Å². The SMILES string of the molecule is O=C(c1n[nH]c2ccc([N+](=O)[O-])cc12)N1CCC(F)(C(=O)O)C1. The number of nitro benzene ring substituents is 1. The molecule has 1 aromatic heterocycles. The van der Waals surface area contributed by atoms with E-state index in [1.165, 1.54) is 18.2 Å². The number of carbonyl (C=O) groups excluding carboxylic acids is 1. The molecule has 3 rings (SSSR count). The molecule has 1 aliphatic rings. The quantitative estimate of drug-likeness (QED) is 0.643. The van der Waals surface area contributed by atoms with Crippen LogP contribution >= 0.6 is 0 Å². The maximum Gasteiger partial charge on any atom is 0.343 e. The van der Waals surface area contributed by atoms with E-state index in [-0.39, 0.29) is 29.7 Å². The molecule has 9 nitrogen and oxygen atoms in total. The number of halogens is 1. The van der Waals surface area contributed by atoms with Crippen molar-refractivity contribution in [1.29, 1.82) is 0 Å². The summed E-state index contributed by atoms with van der Waals surface area (Å²) in [5, 5.41) is 26.3. The van der Waals surface area contributed by atoms with Crippen molar-refractivity contribution in [2.24, 2.45) is 0 Å². The van der Waals surface area contributed by atoms with Crippen LogP contribution < -0.4 is 0 Å². The molecule has 1 saturated heterocycles. The number of hydrogen-bond acceptors (Lipinski definition) is 5. The number of benzene rings is 1. The lowest BCUT2D eigenvalue weighted by Gasteiger charge is -2.16. The molecule has 1 aromatic carbocycles. The summed E-state index contributed by atoms with van der Waals surface area (Å²) in [6, 6.07) is 3.88. The topological polar surface area (TPSA) is 129 Å². The number of aromatic amines is 1. The maximum absolute atomic E-state index is 14.1. The number of rotatable bonds is 3. The molecule has 0 saturated carbocycles. The van der Waals surface area contributed by atoms with Gasteiger partial charge in [0.15, 0.2) is 5.69 Å². The summed E-state index contributed by atoms with van der Waals surface area (Å²) in [6.45, 7) is -0.643. The van der Waals surface area contributed by atoms with Crippen LogP contribution in [0.25, 0.3) is 10.9 Å². The van der Waals surface area contributed by atoms with Crippen LogP contribution in [-0.4, -0.2) is 55.8 Å². The highest BCUT2D eigenvalue weighted by molar-refractivity contribution is 6.05. The van der Waals surface area contributed by atoms with E-state index in [9.17, 15) is 24.1 Å². The Kier molecular flexibility index (Phi) is 3.24. The number of nitrogens with zero attached hydrogens (tertiary/aromatic N) is 3. The number of amides is 1. The molecule has 1 aliphatic heterocycles. The Morgan fingerprint density at radius 2 is 2.22 bits per heavy atom. The van der Waals surface area contributed by atoms with E-state index in [1.807, 2.05) is 0 Å². The third kappa shape index (κ3) is 2.37. The van der Waals surface area contributed by atoms with Gasteiger partial charge in [-0.2, -0.15) is 5.10 Å². The number of carbonyl (C=O) groups is 2. The fraction of sp³-hybridized carbons (Fsp3) is 0.308. The van der Waals surface area contributed by atoms with Crippen LogP contribution in [0.15, 0.2) is 18.2 Å². The highest BCUT2D eigenvalue weighted by Crippen LogP contribution is 2.29. The van der Waals surface area contributed by atoms with Gasteiger partial charge in [-0.15, -0.1) is 0 Å². The van der Waals surface area contributed by atoms with Crippen molar-refractivity contribution in [3.8, 4) is 0 Å². The second-order valence-electron chi connectivity index (χ2n) is 5.31. The Hall–Kier alpha value is -3.04. The Morgan fingerprint density at radius 3 is 2.83 bits per heavy atom. The largest absolute Gasteiger partial charge is 0.479 e. The zero-order chi connectivity index (χ0) is 16.8. The Labute approximate surface area is 127 Å². The summed E-state index contributed by atoms with van der Waals surface area (Å²) in [5.74, 6) is -2.28. The lowest BCUT2D eigenvalue weighted by Crippen LogP contribution is -2.39. The molecule has 0 spiro atoms. The van der Waals surface area contributed by atoms with Crippen LogP contribution in [-0.2, 0) is 4.79 Å². The van der Waals surface area contributed by atoms with Gasteiger partial charge >= 0.3 is 5.97 Å². The molecule has 1 fully saturated rings. The highest BCUT2D eigenvalue weighted by Gasteiger charge is 2.47. The van der Waals surface area contributed by atoms with Crippen molar-refractivity contribution >= 4 is 28.5 Å². The van der Waals surface area contributed by atoms with Crippen LogP contribution in [0.5, 0.6) is 0 Å². The Balaban J connectivity index is 1.94. The summed E-state index contributed by atoms with van der Waals surface area (Å²) >= 11 is 0. The van der Waals surface area contributed by atoms with Gasteiger partial charge in [-0.05, 0) is 6.07 Å². The molecule has 1 atom stereocenters. The van der Waals surface area contributed by atoms with E-state index >= 15 is 0 Å². The van der Waals surface area contributed by atoms with Gasteiger partial charge in [-0.25, -0.2) is 9.18 Å². The predicted molar refractivity (Wildman–Crippen MR) is 74.7 cm³/mol. The number of non-ortho nitro benzene ring substituents is 1. The van der Waals surface area contributed by atoms with Gasteiger partial charge in [0.05, 0.1) is 17.0 Å². The molecule has 10 heteroatoms. The van der Waals surface area contributed by atoms with Crippen LogP contribution in [0.1, 0.15) is 16.9 Å². The van der Waals surface area contributed by atoms with Crippen LogP contribution in [0.3, 0.4) is 0 Å². The average molecular weight is 322 g/mol. The third-order valence-corrected chi connectivity index (χ3v) is 3.85. The van der Waals surface area contributed by atoms with E-state index in [0.717, 1.165) is 4.90 Å². The lowest BCUT2D eigenvalue weighted by molar-refractivity contribution is -0.384. The molecular formula is C13H11FN4O5. The molecule has 1 unspecified atom stereocenters. The number of carboxylic acids is 1. The van der Waals surface area contributed by atoms with Crippen molar-refractivity contribution in [3.63, 3.8) is 0 Å². The summed E-state index contributed by atoms with van der Waals surface area (Å²) in [4.78, 5) is 34.6. The van der Waals surface area contributed by atoms with E-state index in [0.29, 0.717) is 5.52 Å². The minimum absolute atomic E-state index is 0.0646. The first-order valence-electron chi connectivity index (χ1n) is 6.66. The van der Waals surface area contributed by atoms with E-state index in [4.69, 9.17) is 5.11 Å². The molecule has 2 N–H and O–H groups in total. The molecule has 0 aliphatic carbocycles. The minimum atomic E-state index is -2.48. The predicted octanol–water partition coefficient (Wildman–Crippen LogP) is 1.11. The molecule has 0 radical (unpaired) electrons. The molecule has 0 bridgehead atoms. The van der Waals surface area contributed by atoms with Crippen molar-refractivity contribution < 1.29 is 24.0 Å². The van der Waals surface area contributed by atoms with E-state index < -0.39 is 29.0 Å². The fourth-order valence-electron chi connectivity index (χ4n) is 2.55. The van der Waals surface area contributed by atoms with Gasteiger partial charge in [-0.1, -0.05) is 0 Å². The van der Waals surface area contributed by atoms with Gasteiger partial charge in [0.25, 0.3) is 11.6 Å². The standard InChI is InChI=1S/C13H11FN4O5/c14-13(12(20)21)3-4-17(6-13)11(19)10-8-5-7(18(22)23)1-2-9(8)15-16-10/h1-2,5H,3-4,6H2,(H,15,16)(H,20,21). The summed E-state index contributed by atoms with van der Waals surface area (Å²) < 4.78 is 14.1. The Morgan fingerprint density at radius 1 is 1.48 bits per heavy atom. The summed E-state index contributed by atoms with van der Waals surface area (Å²) in [6.07, 6.45) is -0.309. The lowest BCUT2D eigenvalue weighted by atomic mass is 10.1. The number of hydrogen-bond donors (Lipinski definition) is 2. The number of likely N-dealkylation sites (tertiary alicyclic amines) is 1. The number of alkyl halides is 1. The zero-order valence-electron chi connectivity index (χ0n) is 11.7. The molecule has 120 valence electrons. The number of aliphatic carboxylic acids is 1. The minimum Gasteiger partial charge on any atom is -0.479 e. The second kappa shape index (κ2) is 5.00. The first kappa shape index (κ1) is 14.9. The third-order valence-electron chi connectivity index (χ3n) is 3.85. The van der Waals surface area contributed by atoms with Crippen LogP contribution in [0.4, 0.5) is 10.1 Å². The van der Waals surface area contributed by atoms with Gasteiger partial charge < -0.3 is 10.0 Å². The molecule has 2 aromatic rings. The number of aromatic nitrogens is 2. The monoisotopic (exact) mass is 322 g/mol. The fourth-order valence-corrected chi connectivity index (χ4v) is 2.55.